The molecule has 27 heavy (non-hydrogen) atoms. The van der Waals surface area contributed by atoms with E-state index in [2.05, 4.69) is 20.5 Å². The van der Waals surface area contributed by atoms with Gasteiger partial charge in [0.1, 0.15) is 5.82 Å². The number of nitrogens with one attached hydrogen (secondary N) is 1. The summed E-state index contributed by atoms with van der Waals surface area (Å²) in [6, 6.07) is 9.40. The van der Waals surface area contributed by atoms with Crippen LogP contribution in [0.2, 0.25) is 5.15 Å². The minimum absolute atomic E-state index is 0.214. The number of anilines is 1. The molecule has 0 unspecified atom stereocenters. The Labute approximate surface area is 164 Å². The number of pyridine rings is 1. The Hall–Kier alpha value is -2.65. The average Bonchev–Trinajstić information content (AvgIpc) is 2.99. The molecule has 1 atom stereocenters. The molecule has 3 rings (SSSR count). The number of carbonyl (C=O) groups is 1. The molecule has 2 heterocycles. The highest BCUT2D eigenvalue weighted by atomic mass is 35.5. The second-order valence-electron chi connectivity index (χ2n) is 5.66. The van der Waals surface area contributed by atoms with Gasteiger partial charge in [-0.15, -0.1) is 10.2 Å². The van der Waals surface area contributed by atoms with Gasteiger partial charge in [0.05, 0.1) is 10.9 Å². The standard InChI is InChI=1S/C17H16ClFN6OS/c1-10(16(26)22-13-3-2-8-21-15(13)18)27-17-24-23-14(25(17)20)9-11-4-6-12(19)7-5-11/h2-8,10H,9,20H2,1H3,(H,22,26)/t10-/m0/s1. The molecule has 0 aliphatic carbocycles. The maximum absolute atomic E-state index is 13.0. The third kappa shape index (κ3) is 4.75. The van der Waals surface area contributed by atoms with Crippen molar-refractivity contribution in [1.82, 2.24) is 19.9 Å². The Morgan fingerprint density at radius 1 is 1.33 bits per heavy atom. The van der Waals surface area contributed by atoms with Crippen LogP contribution in [0, 0.1) is 5.82 Å². The lowest BCUT2D eigenvalue weighted by atomic mass is 10.1. The van der Waals surface area contributed by atoms with Crippen LogP contribution in [0.1, 0.15) is 18.3 Å². The zero-order valence-corrected chi connectivity index (χ0v) is 15.8. The first-order chi connectivity index (χ1) is 12.9. The lowest BCUT2D eigenvalue weighted by Gasteiger charge is -2.12. The van der Waals surface area contributed by atoms with Gasteiger partial charge in [0, 0.05) is 12.6 Å². The number of halogens is 2. The molecule has 0 radical (unpaired) electrons. The van der Waals surface area contributed by atoms with Crippen LogP contribution >= 0.6 is 23.4 Å². The van der Waals surface area contributed by atoms with Crippen molar-refractivity contribution in [3.63, 3.8) is 0 Å². The zero-order chi connectivity index (χ0) is 19.4. The van der Waals surface area contributed by atoms with E-state index < -0.39 is 5.25 Å². The maximum atomic E-state index is 13.0. The first-order valence-corrected chi connectivity index (χ1v) is 9.21. The molecule has 0 saturated carbocycles. The monoisotopic (exact) mass is 406 g/mol. The van der Waals surface area contributed by atoms with E-state index in [4.69, 9.17) is 17.4 Å². The summed E-state index contributed by atoms with van der Waals surface area (Å²) in [4.78, 5) is 16.3. The second-order valence-corrected chi connectivity index (χ2v) is 7.33. The number of benzene rings is 1. The van der Waals surface area contributed by atoms with E-state index in [1.165, 1.54) is 34.8 Å². The number of nitrogens with two attached hydrogens (primary N) is 1. The average molecular weight is 407 g/mol. The fraction of sp³-hybridized carbons (Fsp3) is 0.176. The van der Waals surface area contributed by atoms with E-state index in [9.17, 15) is 9.18 Å². The van der Waals surface area contributed by atoms with Gasteiger partial charge in [-0.05, 0) is 36.8 Å². The number of hydrogen-bond donors (Lipinski definition) is 2. The van der Waals surface area contributed by atoms with E-state index in [1.807, 2.05) is 0 Å². The van der Waals surface area contributed by atoms with Crippen LogP contribution in [-0.4, -0.2) is 31.0 Å². The van der Waals surface area contributed by atoms with Gasteiger partial charge in [-0.25, -0.2) is 14.1 Å². The molecule has 0 saturated heterocycles. The Bertz CT molecular complexity index is 949. The van der Waals surface area contributed by atoms with Crippen LogP contribution in [0.4, 0.5) is 10.1 Å². The summed E-state index contributed by atoms with van der Waals surface area (Å²) in [5, 5.41) is 10.9. The molecule has 0 aliphatic rings. The molecule has 3 aromatic rings. The van der Waals surface area contributed by atoms with Crippen LogP contribution in [0.25, 0.3) is 0 Å². The van der Waals surface area contributed by atoms with Gasteiger partial charge in [0.25, 0.3) is 0 Å². The number of nitrogens with zero attached hydrogens (tertiary/aromatic N) is 4. The Morgan fingerprint density at radius 3 is 2.78 bits per heavy atom. The molecule has 3 N–H and O–H groups in total. The van der Waals surface area contributed by atoms with E-state index in [1.54, 1.807) is 31.2 Å². The van der Waals surface area contributed by atoms with Crippen molar-refractivity contribution < 1.29 is 9.18 Å². The number of hydrogen-bond acceptors (Lipinski definition) is 6. The molecule has 1 amide bonds. The van der Waals surface area contributed by atoms with Crippen molar-refractivity contribution in [2.75, 3.05) is 11.2 Å². The van der Waals surface area contributed by atoms with Crippen molar-refractivity contribution in [3.05, 3.63) is 65.0 Å². The van der Waals surface area contributed by atoms with Crippen molar-refractivity contribution in [2.45, 2.75) is 23.8 Å². The van der Waals surface area contributed by atoms with Gasteiger partial charge < -0.3 is 11.2 Å². The van der Waals surface area contributed by atoms with Crippen molar-refractivity contribution in [3.8, 4) is 0 Å². The number of carbonyl (C=O) groups excluding carboxylic acids is 1. The van der Waals surface area contributed by atoms with Crippen LogP contribution < -0.4 is 11.2 Å². The van der Waals surface area contributed by atoms with Gasteiger partial charge in [-0.3, -0.25) is 4.79 Å². The Morgan fingerprint density at radius 2 is 2.07 bits per heavy atom. The first-order valence-electron chi connectivity index (χ1n) is 7.96. The fourth-order valence-corrected chi connectivity index (χ4v) is 3.17. The topological polar surface area (TPSA) is 98.7 Å². The summed E-state index contributed by atoms with van der Waals surface area (Å²) >= 11 is 7.11. The Kier molecular flexibility index (Phi) is 5.92. The highest BCUT2D eigenvalue weighted by Crippen LogP contribution is 2.24. The maximum Gasteiger partial charge on any atom is 0.237 e. The third-order valence-electron chi connectivity index (χ3n) is 3.68. The van der Waals surface area contributed by atoms with Crippen LogP contribution in [0.3, 0.4) is 0 Å². The molecule has 10 heteroatoms. The van der Waals surface area contributed by atoms with Crippen LogP contribution in [0.15, 0.2) is 47.8 Å². The lowest BCUT2D eigenvalue weighted by molar-refractivity contribution is -0.115. The minimum Gasteiger partial charge on any atom is -0.336 e. The van der Waals surface area contributed by atoms with Crippen molar-refractivity contribution in [1.29, 1.82) is 0 Å². The van der Waals surface area contributed by atoms with E-state index >= 15 is 0 Å². The molecule has 0 bridgehead atoms. The molecule has 2 aromatic heterocycles. The summed E-state index contributed by atoms with van der Waals surface area (Å²) in [6.07, 6.45) is 1.94. The number of nitrogen functional groups attached to an aromatic ring is 1. The molecule has 7 nitrogen and oxygen atoms in total. The lowest BCUT2D eigenvalue weighted by Crippen LogP contribution is -2.24. The van der Waals surface area contributed by atoms with Crippen molar-refractivity contribution >= 4 is 35.0 Å². The summed E-state index contributed by atoms with van der Waals surface area (Å²) < 4.78 is 14.3. The highest BCUT2D eigenvalue weighted by Gasteiger charge is 2.20. The number of rotatable bonds is 6. The van der Waals surface area contributed by atoms with Gasteiger partial charge in [0.2, 0.25) is 11.1 Å². The van der Waals surface area contributed by atoms with E-state index in [0.29, 0.717) is 23.1 Å². The molecule has 0 spiro atoms. The SMILES string of the molecule is C[C@H](Sc1nnc(Cc2ccc(F)cc2)n1N)C(=O)Nc1cccnc1Cl. The fourth-order valence-electron chi connectivity index (χ4n) is 2.22. The highest BCUT2D eigenvalue weighted by molar-refractivity contribution is 8.00. The molecule has 0 aliphatic heterocycles. The molecular formula is C17H16ClFN6OS. The molecule has 140 valence electrons. The number of aromatic nitrogens is 4. The molecule has 0 fully saturated rings. The predicted molar refractivity (Wildman–Crippen MR) is 103 cm³/mol. The Balaban J connectivity index is 1.65. The van der Waals surface area contributed by atoms with Gasteiger partial charge >= 0.3 is 0 Å². The normalized spacial score (nSPS) is 12.0. The second kappa shape index (κ2) is 8.36. The summed E-state index contributed by atoms with van der Waals surface area (Å²) in [6.45, 7) is 1.72. The van der Waals surface area contributed by atoms with Crippen LogP contribution in [0.5, 0.6) is 0 Å². The minimum atomic E-state index is -0.494. The largest absolute Gasteiger partial charge is 0.336 e. The summed E-state index contributed by atoms with van der Waals surface area (Å²) in [5.41, 5.74) is 1.28. The summed E-state index contributed by atoms with van der Waals surface area (Å²) in [7, 11) is 0. The van der Waals surface area contributed by atoms with Crippen molar-refractivity contribution in [2.24, 2.45) is 0 Å². The summed E-state index contributed by atoms with van der Waals surface area (Å²) in [5.74, 6) is 5.97. The van der Waals surface area contributed by atoms with E-state index in [0.717, 1.165) is 5.56 Å². The molecular weight excluding hydrogens is 391 g/mol. The number of amides is 1. The van der Waals surface area contributed by atoms with Gasteiger partial charge in [-0.2, -0.15) is 0 Å². The molecule has 1 aromatic carbocycles. The third-order valence-corrected chi connectivity index (χ3v) is 5.04. The predicted octanol–water partition coefficient (Wildman–Crippen LogP) is 2.89. The van der Waals surface area contributed by atoms with Gasteiger partial charge in [0.15, 0.2) is 11.0 Å². The zero-order valence-electron chi connectivity index (χ0n) is 14.3. The number of thioether (sulfide) groups is 1. The van der Waals surface area contributed by atoms with E-state index in [-0.39, 0.29) is 16.9 Å². The van der Waals surface area contributed by atoms with Gasteiger partial charge in [-0.1, -0.05) is 35.5 Å². The smallest absolute Gasteiger partial charge is 0.237 e. The quantitative estimate of drug-likeness (QED) is 0.371. The first kappa shape index (κ1) is 19.1. The van der Waals surface area contributed by atoms with Crippen LogP contribution in [-0.2, 0) is 11.2 Å².